The summed E-state index contributed by atoms with van der Waals surface area (Å²) in [5.41, 5.74) is 0. The second-order valence-corrected chi connectivity index (χ2v) is 3.43. The number of hydrogen-bond acceptors (Lipinski definition) is 4. The van der Waals surface area contributed by atoms with Gasteiger partial charge in [-0.15, -0.1) is 6.58 Å². The van der Waals surface area contributed by atoms with Gasteiger partial charge in [0, 0.05) is 0 Å². The normalized spacial score (nSPS) is 34.1. The van der Waals surface area contributed by atoms with Crippen molar-refractivity contribution in [3.05, 3.63) is 12.7 Å². The minimum Gasteiger partial charge on any atom is -0.386 e. The van der Waals surface area contributed by atoms with E-state index in [4.69, 9.17) is 9.47 Å². The molecule has 4 heteroatoms. The Labute approximate surface area is 77.1 Å². The van der Waals surface area contributed by atoms with Crippen LogP contribution in [0.5, 0.6) is 0 Å². The van der Waals surface area contributed by atoms with Crippen LogP contribution in [-0.2, 0) is 14.3 Å². The standard InChI is InChI=1S/C9H14O4/c1-4-6(11)8-7(5-10)12-9(2,3)13-8/h4-8,11H,1H2,2-3H3/t6-,7?,8?/m0/s1. The predicted molar refractivity (Wildman–Crippen MR) is 46.1 cm³/mol. The molecule has 1 fully saturated rings. The first-order chi connectivity index (χ1) is 6.00. The van der Waals surface area contributed by atoms with Crippen LogP contribution in [0, 0.1) is 0 Å². The van der Waals surface area contributed by atoms with Crippen molar-refractivity contribution in [2.75, 3.05) is 0 Å². The average molecular weight is 186 g/mol. The molecule has 2 unspecified atom stereocenters. The van der Waals surface area contributed by atoms with Crippen LogP contribution in [0.25, 0.3) is 0 Å². The van der Waals surface area contributed by atoms with E-state index in [-0.39, 0.29) is 0 Å². The Morgan fingerprint density at radius 2 is 2.15 bits per heavy atom. The van der Waals surface area contributed by atoms with E-state index in [0.29, 0.717) is 6.29 Å². The van der Waals surface area contributed by atoms with Crippen LogP contribution in [0.15, 0.2) is 12.7 Å². The highest BCUT2D eigenvalue weighted by Gasteiger charge is 2.43. The van der Waals surface area contributed by atoms with E-state index >= 15 is 0 Å². The molecule has 74 valence electrons. The van der Waals surface area contributed by atoms with E-state index in [1.165, 1.54) is 6.08 Å². The summed E-state index contributed by atoms with van der Waals surface area (Å²) in [6, 6.07) is 0. The first-order valence-corrected chi connectivity index (χ1v) is 4.12. The smallest absolute Gasteiger partial charge is 0.164 e. The Kier molecular flexibility index (Phi) is 2.85. The number of aliphatic hydroxyl groups excluding tert-OH is 1. The zero-order valence-electron chi connectivity index (χ0n) is 7.77. The molecule has 0 amide bonds. The van der Waals surface area contributed by atoms with Gasteiger partial charge in [0.1, 0.15) is 18.3 Å². The largest absolute Gasteiger partial charge is 0.386 e. The van der Waals surface area contributed by atoms with Crippen LogP contribution in [0.4, 0.5) is 0 Å². The lowest BCUT2D eigenvalue weighted by Crippen LogP contribution is -2.34. The molecule has 0 bridgehead atoms. The third kappa shape index (κ3) is 2.15. The molecule has 0 radical (unpaired) electrons. The second kappa shape index (κ2) is 3.57. The summed E-state index contributed by atoms with van der Waals surface area (Å²) in [4.78, 5) is 10.6. The first-order valence-electron chi connectivity index (χ1n) is 4.12. The zero-order valence-corrected chi connectivity index (χ0v) is 7.77. The van der Waals surface area contributed by atoms with E-state index < -0.39 is 24.1 Å². The highest BCUT2D eigenvalue weighted by Crippen LogP contribution is 2.29. The van der Waals surface area contributed by atoms with Crippen molar-refractivity contribution in [1.29, 1.82) is 0 Å². The minimum absolute atomic E-state index is 0.631. The summed E-state index contributed by atoms with van der Waals surface area (Å²) in [5.74, 6) is -0.819. The van der Waals surface area contributed by atoms with Crippen molar-refractivity contribution in [3.63, 3.8) is 0 Å². The van der Waals surface area contributed by atoms with Crippen molar-refractivity contribution in [2.45, 2.75) is 37.9 Å². The third-order valence-electron chi connectivity index (χ3n) is 1.88. The van der Waals surface area contributed by atoms with Gasteiger partial charge in [0.2, 0.25) is 0 Å². The summed E-state index contributed by atoms with van der Waals surface area (Å²) >= 11 is 0. The fourth-order valence-corrected chi connectivity index (χ4v) is 1.32. The highest BCUT2D eigenvalue weighted by molar-refractivity contribution is 5.58. The average Bonchev–Trinajstić information content (AvgIpc) is 2.39. The molecule has 0 aromatic rings. The van der Waals surface area contributed by atoms with Gasteiger partial charge in [0.25, 0.3) is 0 Å². The quantitative estimate of drug-likeness (QED) is 0.507. The Balaban J connectivity index is 2.74. The summed E-state index contributed by atoms with van der Waals surface area (Å²) in [6.07, 6.45) is -0.289. The lowest BCUT2D eigenvalue weighted by atomic mass is 10.1. The molecule has 0 saturated carbocycles. The van der Waals surface area contributed by atoms with Gasteiger partial charge in [-0.05, 0) is 13.8 Å². The van der Waals surface area contributed by atoms with Crippen LogP contribution in [0.3, 0.4) is 0 Å². The lowest BCUT2D eigenvalue weighted by molar-refractivity contribution is -0.154. The molecule has 1 aliphatic rings. The summed E-state index contributed by atoms with van der Waals surface area (Å²) in [7, 11) is 0. The molecule has 0 spiro atoms. The maximum atomic E-state index is 10.6. The second-order valence-electron chi connectivity index (χ2n) is 3.43. The topological polar surface area (TPSA) is 55.8 Å². The van der Waals surface area contributed by atoms with Gasteiger partial charge in [-0.2, -0.15) is 0 Å². The molecule has 1 rings (SSSR count). The monoisotopic (exact) mass is 186 g/mol. The van der Waals surface area contributed by atoms with E-state index in [1.807, 2.05) is 0 Å². The molecular formula is C9H14O4. The van der Waals surface area contributed by atoms with E-state index in [1.54, 1.807) is 13.8 Å². The number of carbonyl (C=O) groups excluding carboxylic acids is 1. The molecule has 1 N–H and O–H groups in total. The van der Waals surface area contributed by atoms with Gasteiger partial charge in [0.05, 0.1) is 0 Å². The lowest BCUT2D eigenvalue weighted by Gasteiger charge is -2.18. The summed E-state index contributed by atoms with van der Waals surface area (Å²) < 4.78 is 10.6. The van der Waals surface area contributed by atoms with Crippen LogP contribution < -0.4 is 0 Å². The van der Waals surface area contributed by atoms with E-state index in [9.17, 15) is 9.90 Å². The molecular weight excluding hydrogens is 172 g/mol. The van der Waals surface area contributed by atoms with Gasteiger partial charge in [0.15, 0.2) is 12.1 Å². The van der Waals surface area contributed by atoms with Crippen molar-refractivity contribution >= 4 is 6.29 Å². The molecule has 0 aliphatic carbocycles. The number of aliphatic hydroxyl groups is 1. The van der Waals surface area contributed by atoms with Gasteiger partial charge >= 0.3 is 0 Å². The Morgan fingerprint density at radius 1 is 1.54 bits per heavy atom. The molecule has 1 saturated heterocycles. The van der Waals surface area contributed by atoms with Crippen molar-refractivity contribution in [3.8, 4) is 0 Å². The molecule has 1 heterocycles. The number of hydrogen-bond donors (Lipinski definition) is 1. The van der Waals surface area contributed by atoms with Crippen LogP contribution in [0.1, 0.15) is 13.8 Å². The van der Waals surface area contributed by atoms with Gasteiger partial charge in [-0.3, -0.25) is 0 Å². The minimum atomic E-state index is -0.878. The van der Waals surface area contributed by atoms with Crippen LogP contribution in [0.2, 0.25) is 0 Å². The fourth-order valence-electron chi connectivity index (χ4n) is 1.32. The van der Waals surface area contributed by atoms with Crippen molar-refractivity contribution < 1.29 is 19.4 Å². The third-order valence-corrected chi connectivity index (χ3v) is 1.88. The maximum absolute atomic E-state index is 10.6. The molecule has 0 aromatic heterocycles. The van der Waals surface area contributed by atoms with Gasteiger partial charge in [-0.1, -0.05) is 6.08 Å². The zero-order chi connectivity index (χ0) is 10.1. The SMILES string of the molecule is C=C[C@H](O)C1OC(C)(C)OC1C=O. The number of ether oxygens (including phenoxy) is 2. The van der Waals surface area contributed by atoms with Crippen LogP contribution in [-0.4, -0.2) is 35.5 Å². The summed E-state index contributed by atoms with van der Waals surface area (Å²) in [6.45, 7) is 6.81. The molecule has 3 atom stereocenters. The maximum Gasteiger partial charge on any atom is 0.164 e. The van der Waals surface area contributed by atoms with Crippen molar-refractivity contribution in [2.24, 2.45) is 0 Å². The molecule has 13 heavy (non-hydrogen) atoms. The van der Waals surface area contributed by atoms with E-state index in [2.05, 4.69) is 6.58 Å². The molecule has 0 aromatic carbocycles. The molecule has 1 aliphatic heterocycles. The van der Waals surface area contributed by atoms with Gasteiger partial charge in [-0.25, -0.2) is 0 Å². The van der Waals surface area contributed by atoms with Gasteiger partial charge < -0.3 is 19.4 Å². The van der Waals surface area contributed by atoms with E-state index in [0.717, 1.165) is 0 Å². The Bertz CT molecular complexity index is 212. The number of aldehydes is 1. The fraction of sp³-hybridized carbons (Fsp3) is 0.667. The predicted octanol–water partition coefficient (Wildman–Crippen LogP) is 0.252. The van der Waals surface area contributed by atoms with Crippen molar-refractivity contribution in [1.82, 2.24) is 0 Å². The summed E-state index contributed by atoms with van der Waals surface area (Å²) in [5, 5.41) is 9.41. The Morgan fingerprint density at radius 3 is 2.62 bits per heavy atom. The Hall–Kier alpha value is -0.710. The van der Waals surface area contributed by atoms with Crippen LogP contribution >= 0.6 is 0 Å². The number of rotatable bonds is 3. The highest BCUT2D eigenvalue weighted by atomic mass is 16.8. The molecule has 4 nitrogen and oxygen atoms in total. The first kappa shape index (κ1) is 10.4. The number of carbonyl (C=O) groups is 1.